The van der Waals surface area contributed by atoms with E-state index in [1.54, 1.807) is 0 Å². The Morgan fingerprint density at radius 1 is 0.842 bits per heavy atom. The van der Waals surface area contributed by atoms with Crippen molar-refractivity contribution >= 4 is 0 Å². The van der Waals surface area contributed by atoms with Gasteiger partial charge >= 0.3 is 0 Å². The van der Waals surface area contributed by atoms with E-state index in [0.717, 1.165) is 18.4 Å². The quantitative estimate of drug-likeness (QED) is 0.810. The van der Waals surface area contributed by atoms with Crippen LogP contribution in [0.3, 0.4) is 0 Å². The van der Waals surface area contributed by atoms with E-state index in [2.05, 4.69) is 38.1 Å². The first-order valence-corrected chi connectivity index (χ1v) is 7.09. The average molecular weight is 254 g/mol. The molecular formula is C18H22O. The van der Waals surface area contributed by atoms with Crippen molar-refractivity contribution in [2.45, 2.75) is 32.8 Å². The van der Waals surface area contributed by atoms with E-state index in [9.17, 15) is 5.11 Å². The van der Waals surface area contributed by atoms with Crippen LogP contribution < -0.4 is 0 Å². The molecule has 1 N–H and O–H groups in total. The zero-order valence-corrected chi connectivity index (χ0v) is 11.7. The van der Waals surface area contributed by atoms with Crippen molar-refractivity contribution in [1.82, 2.24) is 0 Å². The van der Waals surface area contributed by atoms with Crippen LogP contribution in [0.5, 0.6) is 0 Å². The summed E-state index contributed by atoms with van der Waals surface area (Å²) in [5, 5.41) is 10.5. The largest absolute Gasteiger partial charge is 0.388 e. The SMILES string of the molecule is CCC(CC)C(O)c1cccc(-c2ccccc2)c1. The van der Waals surface area contributed by atoms with E-state index in [1.165, 1.54) is 11.1 Å². The Bertz CT molecular complexity index is 500. The van der Waals surface area contributed by atoms with Crippen LogP contribution in [0, 0.1) is 5.92 Å². The van der Waals surface area contributed by atoms with E-state index in [4.69, 9.17) is 0 Å². The molecule has 0 aliphatic carbocycles. The monoisotopic (exact) mass is 254 g/mol. The lowest BCUT2D eigenvalue weighted by molar-refractivity contribution is 0.103. The van der Waals surface area contributed by atoms with Crippen LogP contribution in [0.25, 0.3) is 11.1 Å². The molecule has 0 amide bonds. The maximum absolute atomic E-state index is 10.5. The van der Waals surface area contributed by atoms with Gasteiger partial charge in [-0.15, -0.1) is 0 Å². The van der Waals surface area contributed by atoms with Crippen LogP contribution in [-0.4, -0.2) is 5.11 Å². The van der Waals surface area contributed by atoms with Gasteiger partial charge in [0.2, 0.25) is 0 Å². The van der Waals surface area contributed by atoms with Crippen LogP contribution in [0.2, 0.25) is 0 Å². The summed E-state index contributed by atoms with van der Waals surface area (Å²) in [7, 11) is 0. The summed E-state index contributed by atoms with van der Waals surface area (Å²) >= 11 is 0. The highest BCUT2D eigenvalue weighted by Crippen LogP contribution is 2.30. The molecule has 0 spiro atoms. The first-order chi connectivity index (χ1) is 9.26. The minimum absolute atomic E-state index is 0.339. The molecule has 0 radical (unpaired) electrons. The van der Waals surface area contributed by atoms with Gasteiger partial charge in [-0.25, -0.2) is 0 Å². The lowest BCUT2D eigenvalue weighted by atomic mass is 9.90. The highest BCUT2D eigenvalue weighted by molar-refractivity contribution is 5.64. The summed E-state index contributed by atoms with van der Waals surface area (Å²) in [4.78, 5) is 0. The van der Waals surface area contributed by atoms with Crippen molar-refractivity contribution in [2.24, 2.45) is 5.92 Å². The summed E-state index contributed by atoms with van der Waals surface area (Å²) in [5.41, 5.74) is 3.39. The zero-order chi connectivity index (χ0) is 13.7. The molecule has 100 valence electrons. The Hall–Kier alpha value is -1.60. The van der Waals surface area contributed by atoms with E-state index >= 15 is 0 Å². The number of aliphatic hydroxyl groups excluding tert-OH is 1. The molecule has 1 nitrogen and oxygen atoms in total. The van der Waals surface area contributed by atoms with Gasteiger partial charge in [0.15, 0.2) is 0 Å². The average Bonchev–Trinajstić information content (AvgIpc) is 2.49. The minimum atomic E-state index is -0.362. The molecular weight excluding hydrogens is 232 g/mol. The molecule has 0 fully saturated rings. The predicted molar refractivity (Wildman–Crippen MR) is 80.9 cm³/mol. The normalized spacial score (nSPS) is 12.6. The van der Waals surface area contributed by atoms with Gasteiger partial charge in [0.05, 0.1) is 6.10 Å². The standard InChI is InChI=1S/C18H22O/c1-3-14(4-2)18(19)17-12-8-11-16(13-17)15-9-6-5-7-10-15/h5-14,18-19H,3-4H2,1-2H3. The van der Waals surface area contributed by atoms with Gasteiger partial charge in [0.25, 0.3) is 0 Å². The highest BCUT2D eigenvalue weighted by atomic mass is 16.3. The van der Waals surface area contributed by atoms with E-state index in [0.29, 0.717) is 5.92 Å². The molecule has 1 unspecified atom stereocenters. The van der Waals surface area contributed by atoms with Crippen molar-refractivity contribution < 1.29 is 5.11 Å². The van der Waals surface area contributed by atoms with Gasteiger partial charge in [0.1, 0.15) is 0 Å². The van der Waals surface area contributed by atoms with Crippen molar-refractivity contribution in [3.8, 4) is 11.1 Å². The molecule has 1 heteroatoms. The summed E-state index contributed by atoms with van der Waals surface area (Å²) < 4.78 is 0. The van der Waals surface area contributed by atoms with Crippen LogP contribution in [0.4, 0.5) is 0 Å². The predicted octanol–water partition coefficient (Wildman–Crippen LogP) is 4.82. The Morgan fingerprint density at radius 2 is 1.47 bits per heavy atom. The van der Waals surface area contributed by atoms with Gasteiger partial charge < -0.3 is 5.11 Å². The molecule has 0 bridgehead atoms. The minimum Gasteiger partial charge on any atom is -0.388 e. The maximum Gasteiger partial charge on any atom is 0.0818 e. The molecule has 0 saturated carbocycles. The summed E-state index contributed by atoms with van der Waals surface area (Å²) in [6, 6.07) is 18.6. The van der Waals surface area contributed by atoms with Crippen molar-refractivity contribution in [1.29, 1.82) is 0 Å². The fraction of sp³-hybridized carbons (Fsp3) is 0.333. The summed E-state index contributed by atoms with van der Waals surface area (Å²) in [6.07, 6.45) is 1.65. The van der Waals surface area contributed by atoms with Gasteiger partial charge in [-0.1, -0.05) is 75.2 Å². The van der Waals surface area contributed by atoms with Crippen LogP contribution in [-0.2, 0) is 0 Å². The number of rotatable bonds is 5. The van der Waals surface area contributed by atoms with E-state index in [-0.39, 0.29) is 6.10 Å². The molecule has 0 aromatic heterocycles. The molecule has 2 rings (SSSR count). The lowest BCUT2D eigenvalue weighted by Gasteiger charge is -2.21. The van der Waals surface area contributed by atoms with E-state index < -0.39 is 0 Å². The van der Waals surface area contributed by atoms with Gasteiger partial charge in [-0.2, -0.15) is 0 Å². The van der Waals surface area contributed by atoms with Crippen LogP contribution >= 0.6 is 0 Å². The fourth-order valence-electron chi connectivity index (χ4n) is 2.54. The summed E-state index contributed by atoms with van der Waals surface area (Å²) in [6.45, 7) is 4.27. The third-order valence-corrected chi connectivity index (χ3v) is 3.83. The number of aliphatic hydroxyl groups is 1. The maximum atomic E-state index is 10.5. The van der Waals surface area contributed by atoms with E-state index in [1.807, 2.05) is 30.3 Å². The molecule has 0 heterocycles. The Morgan fingerprint density at radius 3 is 2.11 bits per heavy atom. The second-order valence-electron chi connectivity index (χ2n) is 5.01. The van der Waals surface area contributed by atoms with Gasteiger partial charge in [-0.05, 0) is 28.7 Å². The van der Waals surface area contributed by atoms with Gasteiger partial charge in [-0.3, -0.25) is 0 Å². The fourth-order valence-corrected chi connectivity index (χ4v) is 2.54. The smallest absolute Gasteiger partial charge is 0.0818 e. The first-order valence-electron chi connectivity index (χ1n) is 7.09. The molecule has 0 aliphatic heterocycles. The number of hydrogen-bond acceptors (Lipinski definition) is 1. The third-order valence-electron chi connectivity index (χ3n) is 3.83. The lowest BCUT2D eigenvalue weighted by Crippen LogP contribution is -2.10. The molecule has 2 aromatic rings. The first kappa shape index (κ1) is 13.8. The van der Waals surface area contributed by atoms with Crippen molar-refractivity contribution in [3.05, 3.63) is 60.2 Å². The number of benzene rings is 2. The molecule has 0 saturated heterocycles. The molecule has 2 aromatic carbocycles. The molecule has 1 atom stereocenters. The Balaban J connectivity index is 2.29. The second kappa shape index (κ2) is 6.53. The Labute approximate surface area is 115 Å². The summed E-state index contributed by atoms with van der Waals surface area (Å²) in [5.74, 6) is 0.339. The van der Waals surface area contributed by atoms with Crippen molar-refractivity contribution in [2.75, 3.05) is 0 Å². The van der Waals surface area contributed by atoms with Crippen LogP contribution in [0.1, 0.15) is 38.4 Å². The van der Waals surface area contributed by atoms with Gasteiger partial charge in [0, 0.05) is 0 Å². The number of hydrogen-bond donors (Lipinski definition) is 1. The third kappa shape index (κ3) is 3.24. The topological polar surface area (TPSA) is 20.2 Å². The van der Waals surface area contributed by atoms with Crippen LogP contribution in [0.15, 0.2) is 54.6 Å². The van der Waals surface area contributed by atoms with Crippen molar-refractivity contribution in [3.63, 3.8) is 0 Å². The Kier molecular flexibility index (Phi) is 4.75. The zero-order valence-electron chi connectivity index (χ0n) is 11.7. The highest BCUT2D eigenvalue weighted by Gasteiger charge is 2.17. The molecule has 19 heavy (non-hydrogen) atoms. The second-order valence-corrected chi connectivity index (χ2v) is 5.01. The molecule has 0 aliphatic rings.